The summed E-state index contributed by atoms with van der Waals surface area (Å²) < 4.78 is 0. The Labute approximate surface area is 139 Å². The minimum Gasteiger partial charge on any atom is -0.316 e. The zero-order chi connectivity index (χ0) is 15.5. The minimum atomic E-state index is 0.924. The largest absolute Gasteiger partial charge is 0.316 e. The number of benzene rings is 1. The van der Waals surface area contributed by atoms with E-state index in [0.717, 1.165) is 23.9 Å². The molecule has 0 amide bonds. The van der Waals surface area contributed by atoms with Crippen LogP contribution in [0.4, 0.5) is 0 Å². The summed E-state index contributed by atoms with van der Waals surface area (Å²) in [6.45, 7) is 6.04. The molecule has 122 valence electrons. The van der Waals surface area contributed by atoms with Crippen molar-refractivity contribution in [2.75, 3.05) is 26.2 Å². The van der Waals surface area contributed by atoms with Gasteiger partial charge >= 0.3 is 0 Å². The summed E-state index contributed by atoms with van der Waals surface area (Å²) in [6, 6.07) is 10.7. The lowest BCUT2D eigenvalue weighted by Gasteiger charge is -2.38. The molecule has 3 nitrogen and oxygen atoms in total. The maximum Gasteiger partial charge on any atom is 0.0705 e. The maximum atomic E-state index is 4.48. The number of piperidine rings is 2. The van der Waals surface area contributed by atoms with Crippen LogP contribution in [0.3, 0.4) is 0 Å². The molecule has 3 heteroatoms. The molecule has 0 saturated carbocycles. The standard InChI is InChI=1S/C20H27N3/c1-2-6-20-19(5-1)18(7-11-22-20)15-23-12-8-16(9-13-23)17-4-3-10-21-14-17/h1-2,5-7,11,16-17,21H,3-4,8-10,12-15H2. The fourth-order valence-corrected chi connectivity index (χ4v) is 4.40. The Balaban J connectivity index is 1.39. The Morgan fingerprint density at radius 2 is 1.91 bits per heavy atom. The summed E-state index contributed by atoms with van der Waals surface area (Å²) in [5.74, 6) is 1.86. The number of hydrogen-bond donors (Lipinski definition) is 1. The predicted octanol–water partition coefficient (Wildman–Crippen LogP) is 3.45. The first-order valence-corrected chi connectivity index (χ1v) is 9.16. The lowest BCUT2D eigenvalue weighted by molar-refractivity contribution is 0.128. The van der Waals surface area contributed by atoms with Crippen LogP contribution in [0, 0.1) is 11.8 Å². The molecule has 0 bridgehead atoms. The van der Waals surface area contributed by atoms with Gasteiger partial charge in [-0.1, -0.05) is 18.2 Å². The third-order valence-electron chi connectivity index (χ3n) is 5.77. The first kappa shape index (κ1) is 15.1. The van der Waals surface area contributed by atoms with Crippen LogP contribution in [0.2, 0.25) is 0 Å². The van der Waals surface area contributed by atoms with Crippen molar-refractivity contribution in [3.63, 3.8) is 0 Å². The summed E-state index contributed by atoms with van der Waals surface area (Å²) in [7, 11) is 0. The number of nitrogens with one attached hydrogen (secondary N) is 1. The Morgan fingerprint density at radius 3 is 2.74 bits per heavy atom. The Morgan fingerprint density at radius 1 is 1.04 bits per heavy atom. The second-order valence-electron chi connectivity index (χ2n) is 7.21. The molecule has 3 heterocycles. The molecule has 2 aliphatic rings. The molecule has 2 aliphatic heterocycles. The zero-order valence-electron chi connectivity index (χ0n) is 13.9. The summed E-state index contributed by atoms with van der Waals surface area (Å²) in [5.41, 5.74) is 2.54. The number of aromatic nitrogens is 1. The molecule has 0 spiro atoms. The number of rotatable bonds is 3. The molecule has 4 rings (SSSR count). The van der Waals surface area contributed by atoms with E-state index in [9.17, 15) is 0 Å². The topological polar surface area (TPSA) is 28.2 Å². The van der Waals surface area contributed by atoms with Crippen molar-refractivity contribution in [3.8, 4) is 0 Å². The average Bonchev–Trinajstić information content (AvgIpc) is 2.63. The monoisotopic (exact) mass is 309 g/mol. The first-order chi connectivity index (χ1) is 11.4. The number of pyridine rings is 1. The second-order valence-corrected chi connectivity index (χ2v) is 7.21. The van der Waals surface area contributed by atoms with Crippen molar-refractivity contribution < 1.29 is 0 Å². The van der Waals surface area contributed by atoms with Crippen molar-refractivity contribution in [1.29, 1.82) is 0 Å². The smallest absolute Gasteiger partial charge is 0.0705 e. The molecule has 23 heavy (non-hydrogen) atoms. The highest BCUT2D eigenvalue weighted by atomic mass is 15.1. The Kier molecular flexibility index (Phi) is 4.58. The van der Waals surface area contributed by atoms with Gasteiger partial charge in [-0.15, -0.1) is 0 Å². The van der Waals surface area contributed by atoms with Gasteiger partial charge in [-0.25, -0.2) is 0 Å². The normalized spacial score (nSPS) is 24.1. The summed E-state index contributed by atoms with van der Waals surface area (Å²) in [5, 5.41) is 4.90. The van der Waals surface area contributed by atoms with Crippen LogP contribution < -0.4 is 5.32 Å². The summed E-state index contributed by atoms with van der Waals surface area (Å²) in [4.78, 5) is 7.12. The van der Waals surface area contributed by atoms with Crippen molar-refractivity contribution in [2.24, 2.45) is 11.8 Å². The number of para-hydroxylation sites is 1. The van der Waals surface area contributed by atoms with Crippen LogP contribution >= 0.6 is 0 Å². The number of nitrogens with zero attached hydrogens (tertiary/aromatic N) is 2. The van der Waals surface area contributed by atoms with E-state index in [2.05, 4.69) is 45.5 Å². The quantitative estimate of drug-likeness (QED) is 0.941. The van der Waals surface area contributed by atoms with Crippen LogP contribution in [0.15, 0.2) is 36.5 Å². The predicted molar refractivity (Wildman–Crippen MR) is 95.3 cm³/mol. The van der Waals surface area contributed by atoms with Gasteiger partial charge in [-0.05, 0) is 81.4 Å². The SMILES string of the molecule is c1ccc2c(CN3CCC(C4CCCNC4)CC3)ccnc2c1. The molecule has 2 aromatic rings. The third kappa shape index (κ3) is 3.41. The van der Waals surface area contributed by atoms with E-state index >= 15 is 0 Å². The zero-order valence-corrected chi connectivity index (χ0v) is 13.9. The van der Waals surface area contributed by atoms with Crippen LogP contribution in [-0.4, -0.2) is 36.1 Å². The van der Waals surface area contributed by atoms with Crippen molar-refractivity contribution in [3.05, 3.63) is 42.1 Å². The van der Waals surface area contributed by atoms with Gasteiger partial charge in [0.25, 0.3) is 0 Å². The molecule has 1 unspecified atom stereocenters. The fraction of sp³-hybridized carbons (Fsp3) is 0.550. The van der Waals surface area contributed by atoms with Gasteiger partial charge in [0.05, 0.1) is 5.52 Å². The van der Waals surface area contributed by atoms with Gasteiger partial charge in [-0.3, -0.25) is 9.88 Å². The average molecular weight is 309 g/mol. The van der Waals surface area contributed by atoms with Gasteiger partial charge in [0.2, 0.25) is 0 Å². The molecular formula is C20H27N3. The highest BCUT2D eigenvalue weighted by molar-refractivity contribution is 5.81. The van der Waals surface area contributed by atoms with Crippen LogP contribution in [0.25, 0.3) is 10.9 Å². The minimum absolute atomic E-state index is 0.924. The number of hydrogen-bond acceptors (Lipinski definition) is 3. The Bertz CT molecular complexity index is 635. The first-order valence-electron chi connectivity index (χ1n) is 9.16. The van der Waals surface area contributed by atoms with Gasteiger partial charge < -0.3 is 5.32 Å². The third-order valence-corrected chi connectivity index (χ3v) is 5.77. The van der Waals surface area contributed by atoms with Crippen LogP contribution in [0.5, 0.6) is 0 Å². The van der Waals surface area contributed by atoms with E-state index in [-0.39, 0.29) is 0 Å². The molecule has 1 atom stereocenters. The molecule has 0 aliphatic carbocycles. The van der Waals surface area contributed by atoms with Gasteiger partial charge in [0.15, 0.2) is 0 Å². The lowest BCUT2D eigenvalue weighted by atomic mass is 9.80. The van der Waals surface area contributed by atoms with E-state index < -0.39 is 0 Å². The van der Waals surface area contributed by atoms with Crippen LogP contribution in [-0.2, 0) is 6.54 Å². The second kappa shape index (κ2) is 6.98. The molecule has 1 aromatic carbocycles. The summed E-state index contributed by atoms with van der Waals surface area (Å²) >= 11 is 0. The molecule has 2 fully saturated rings. The van der Waals surface area contributed by atoms with Crippen molar-refractivity contribution in [2.45, 2.75) is 32.2 Å². The van der Waals surface area contributed by atoms with E-state index in [0.29, 0.717) is 0 Å². The van der Waals surface area contributed by atoms with Gasteiger partial charge in [0.1, 0.15) is 0 Å². The summed E-state index contributed by atoms with van der Waals surface area (Å²) in [6.07, 6.45) is 7.50. The molecule has 2 saturated heterocycles. The van der Waals surface area contributed by atoms with E-state index in [1.165, 1.54) is 62.8 Å². The number of fused-ring (bicyclic) bond motifs is 1. The van der Waals surface area contributed by atoms with E-state index in [1.54, 1.807) is 0 Å². The maximum absolute atomic E-state index is 4.48. The highest BCUT2D eigenvalue weighted by Gasteiger charge is 2.27. The molecule has 1 aromatic heterocycles. The van der Waals surface area contributed by atoms with Gasteiger partial charge in [-0.2, -0.15) is 0 Å². The fourth-order valence-electron chi connectivity index (χ4n) is 4.40. The lowest BCUT2D eigenvalue weighted by Crippen LogP contribution is -2.40. The molecular weight excluding hydrogens is 282 g/mol. The molecule has 1 N–H and O–H groups in total. The van der Waals surface area contributed by atoms with Crippen molar-refractivity contribution in [1.82, 2.24) is 15.2 Å². The van der Waals surface area contributed by atoms with Gasteiger partial charge in [0, 0.05) is 18.1 Å². The molecule has 0 radical (unpaired) electrons. The van der Waals surface area contributed by atoms with E-state index in [4.69, 9.17) is 0 Å². The van der Waals surface area contributed by atoms with E-state index in [1.807, 2.05) is 6.20 Å². The van der Waals surface area contributed by atoms with Crippen molar-refractivity contribution >= 4 is 10.9 Å². The van der Waals surface area contributed by atoms with Crippen LogP contribution in [0.1, 0.15) is 31.2 Å². The Hall–Kier alpha value is -1.45. The number of likely N-dealkylation sites (tertiary alicyclic amines) is 1. The highest BCUT2D eigenvalue weighted by Crippen LogP contribution is 2.30.